The highest BCUT2D eigenvalue weighted by molar-refractivity contribution is 6.36. The standard InChI is InChI=1S/C21H11Cl2F5N4O2/c22-12-2-1-10(24)6-15(12)34-18-14(7-13(23)17-16(18)19(29)32-31-17)30-20(33)8-3-9(21(26,27)28)5-11(25)4-8/h1-7H,(H,30,33)(H3,29,31,32). The molecule has 1 aromatic heterocycles. The smallest absolute Gasteiger partial charge is 0.416 e. The average molecular weight is 517 g/mol. The average Bonchev–Trinajstić information content (AvgIpc) is 3.14. The van der Waals surface area contributed by atoms with E-state index in [1.165, 1.54) is 12.1 Å². The van der Waals surface area contributed by atoms with Gasteiger partial charge in [0.25, 0.3) is 5.91 Å². The largest absolute Gasteiger partial charge is 0.453 e. The summed E-state index contributed by atoms with van der Waals surface area (Å²) >= 11 is 12.3. The summed E-state index contributed by atoms with van der Waals surface area (Å²) in [5.74, 6) is -3.52. The number of nitrogen functional groups attached to an aromatic ring is 1. The van der Waals surface area contributed by atoms with Crippen LogP contribution in [-0.2, 0) is 6.18 Å². The molecule has 0 radical (unpaired) electrons. The Morgan fingerprint density at radius 1 is 1.03 bits per heavy atom. The Balaban J connectivity index is 1.82. The molecule has 0 spiro atoms. The molecule has 0 aliphatic carbocycles. The van der Waals surface area contributed by atoms with Gasteiger partial charge in [-0.15, -0.1) is 0 Å². The van der Waals surface area contributed by atoms with Gasteiger partial charge in [-0.25, -0.2) is 8.78 Å². The molecule has 4 N–H and O–H groups in total. The van der Waals surface area contributed by atoms with Crippen molar-refractivity contribution in [1.82, 2.24) is 10.2 Å². The summed E-state index contributed by atoms with van der Waals surface area (Å²) in [5, 5.41) is 8.81. The summed E-state index contributed by atoms with van der Waals surface area (Å²) in [6.07, 6.45) is -4.88. The van der Waals surface area contributed by atoms with Crippen LogP contribution in [0.5, 0.6) is 11.5 Å². The van der Waals surface area contributed by atoms with Crippen LogP contribution in [0.1, 0.15) is 15.9 Å². The first kappa shape index (κ1) is 23.6. The molecule has 0 saturated carbocycles. The number of amides is 1. The summed E-state index contributed by atoms with van der Waals surface area (Å²) in [4.78, 5) is 12.8. The minimum absolute atomic E-state index is 0.00351. The maximum Gasteiger partial charge on any atom is 0.416 e. The van der Waals surface area contributed by atoms with Gasteiger partial charge in [-0.1, -0.05) is 23.2 Å². The highest BCUT2D eigenvalue weighted by atomic mass is 35.5. The van der Waals surface area contributed by atoms with Crippen molar-refractivity contribution < 1.29 is 31.5 Å². The fourth-order valence-electron chi connectivity index (χ4n) is 3.10. The number of benzene rings is 3. The lowest BCUT2D eigenvalue weighted by molar-refractivity contribution is -0.137. The second-order valence-corrected chi connectivity index (χ2v) is 7.77. The number of aromatic amines is 1. The van der Waals surface area contributed by atoms with Gasteiger partial charge in [0.05, 0.1) is 32.2 Å². The van der Waals surface area contributed by atoms with Gasteiger partial charge in [-0.3, -0.25) is 9.89 Å². The molecular weight excluding hydrogens is 506 g/mol. The van der Waals surface area contributed by atoms with Gasteiger partial charge in [0.1, 0.15) is 17.4 Å². The van der Waals surface area contributed by atoms with E-state index in [0.29, 0.717) is 12.1 Å². The molecule has 0 unspecified atom stereocenters. The van der Waals surface area contributed by atoms with Crippen LogP contribution in [0.3, 0.4) is 0 Å². The first-order valence-electron chi connectivity index (χ1n) is 9.22. The number of nitrogens with zero attached hydrogens (tertiary/aromatic N) is 1. The zero-order valence-electron chi connectivity index (χ0n) is 16.5. The number of carbonyl (C=O) groups excluding carboxylic acids is 1. The summed E-state index contributed by atoms with van der Waals surface area (Å²) < 4.78 is 72.4. The SMILES string of the molecule is Nc1n[nH]c2c(Cl)cc(NC(=O)c3cc(F)cc(C(F)(F)F)c3)c(Oc3cc(F)ccc3Cl)c12. The van der Waals surface area contributed by atoms with Gasteiger partial charge in [-0.2, -0.15) is 18.3 Å². The molecule has 1 amide bonds. The molecule has 1 heterocycles. The highest BCUT2D eigenvalue weighted by Crippen LogP contribution is 2.44. The van der Waals surface area contributed by atoms with Gasteiger partial charge in [-0.05, 0) is 36.4 Å². The van der Waals surface area contributed by atoms with Crippen molar-refractivity contribution in [2.24, 2.45) is 0 Å². The van der Waals surface area contributed by atoms with Crippen LogP contribution in [-0.4, -0.2) is 16.1 Å². The monoisotopic (exact) mass is 516 g/mol. The number of hydrogen-bond acceptors (Lipinski definition) is 4. The summed E-state index contributed by atoms with van der Waals surface area (Å²) in [7, 11) is 0. The van der Waals surface area contributed by atoms with E-state index < -0.39 is 34.8 Å². The molecule has 13 heteroatoms. The first-order valence-corrected chi connectivity index (χ1v) is 9.97. The maximum atomic E-state index is 13.8. The van der Waals surface area contributed by atoms with Crippen LogP contribution in [0.2, 0.25) is 10.0 Å². The summed E-state index contributed by atoms with van der Waals surface area (Å²) in [6, 6.07) is 5.84. The van der Waals surface area contributed by atoms with Crippen LogP contribution < -0.4 is 15.8 Å². The molecule has 0 aliphatic heterocycles. The third-order valence-electron chi connectivity index (χ3n) is 4.62. The lowest BCUT2D eigenvalue weighted by Crippen LogP contribution is -2.15. The van der Waals surface area contributed by atoms with Crippen molar-refractivity contribution in [2.45, 2.75) is 6.18 Å². The van der Waals surface area contributed by atoms with Crippen molar-refractivity contribution >= 4 is 51.5 Å². The lowest BCUT2D eigenvalue weighted by atomic mass is 10.1. The number of rotatable bonds is 4. The molecule has 4 rings (SSSR count). The Hall–Kier alpha value is -3.57. The number of anilines is 2. The minimum Gasteiger partial charge on any atom is -0.453 e. The highest BCUT2D eigenvalue weighted by Gasteiger charge is 2.32. The minimum atomic E-state index is -4.88. The number of aromatic nitrogens is 2. The van der Waals surface area contributed by atoms with E-state index >= 15 is 0 Å². The molecule has 4 aromatic rings. The van der Waals surface area contributed by atoms with Crippen molar-refractivity contribution in [3.05, 3.63) is 75.3 Å². The number of fused-ring (bicyclic) bond motifs is 1. The third kappa shape index (κ3) is 4.57. The van der Waals surface area contributed by atoms with E-state index in [1.54, 1.807) is 0 Å². The van der Waals surface area contributed by atoms with Gasteiger partial charge in [0.15, 0.2) is 11.6 Å². The number of alkyl halides is 3. The zero-order chi connectivity index (χ0) is 24.8. The molecule has 3 aromatic carbocycles. The zero-order valence-corrected chi connectivity index (χ0v) is 18.0. The third-order valence-corrected chi connectivity index (χ3v) is 5.23. The Kier molecular flexibility index (Phi) is 6.00. The lowest BCUT2D eigenvalue weighted by Gasteiger charge is -2.16. The van der Waals surface area contributed by atoms with Crippen molar-refractivity contribution in [3.63, 3.8) is 0 Å². The fourth-order valence-corrected chi connectivity index (χ4v) is 3.50. The van der Waals surface area contributed by atoms with Gasteiger partial charge >= 0.3 is 6.18 Å². The van der Waals surface area contributed by atoms with Crippen LogP contribution in [0.25, 0.3) is 10.9 Å². The second-order valence-electron chi connectivity index (χ2n) is 6.95. The number of hydrogen-bond donors (Lipinski definition) is 3. The molecule has 0 aliphatic rings. The van der Waals surface area contributed by atoms with E-state index in [1.807, 2.05) is 0 Å². The molecule has 34 heavy (non-hydrogen) atoms. The summed E-state index contributed by atoms with van der Waals surface area (Å²) in [6.45, 7) is 0. The van der Waals surface area contributed by atoms with Gasteiger partial charge in [0.2, 0.25) is 0 Å². The summed E-state index contributed by atoms with van der Waals surface area (Å²) in [5.41, 5.74) is 3.94. The van der Waals surface area contributed by atoms with Gasteiger partial charge in [0, 0.05) is 11.6 Å². The quantitative estimate of drug-likeness (QED) is 0.260. The molecule has 6 nitrogen and oxygen atoms in total. The van der Waals surface area contributed by atoms with E-state index in [0.717, 1.165) is 12.1 Å². The maximum absolute atomic E-state index is 13.8. The van der Waals surface area contributed by atoms with Crippen LogP contribution in [0.4, 0.5) is 33.5 Å². The van der Waals surface area contributed by atoms with Crippen molar-refractivity contribution in [1.29, 1.82) is 0 Å². The molecule has 0 saturated heterocycles. The molecule has 0 atom stereocenters. The Bertz CT molecular complexity index is 1440. The van der Waals surface area contributed by atoms with E-state index in [-0.39, 0.29) is 50.0 Å². The predicted molar refractivity (Wildman–Crippen MR) is 116 cm³/mol. The van der Waals surface area contributed by atoms with Crippen LogP contribution >= 0.6 is 23.2 Å². The van der Waals surface area contributed by atoms with Gasteiger partial charge < -0.3 is 15.8 Å². The number of nitrogens with one attached hydrogen (secondary N) is 2. The Labute approximate surface area is 197 Å². The second kappa shape index (κ2) is 8.65. The van der Waals surface area contributed by atoms with E-state index in [9.17, 15) is 26.7 Å². The molecular formula is C21H11Cl2F5N4O2. The van der Waals surface area contributed by atoms with Crippen molar-refractivity contribution in [3.8, 4) is 11.5 Å². The number of carbonyl (C=O) groups is 1. The number of halogens is 7. The molecule has 0 bridgehead atoms. The Morgan fingerprint density at radius 2 is 1.76 bits per heavy atom. The normalized spacial score (nSPS) is 11.6. The van der Waals surface area contributed by atoms with Crippen molar-refractivity contribution in [2.75, 3.05) is 11.1 Å². The van der Waals surface area contributed by atoms with Crippen LogP contribution in [0, 0.1) is 11.6 Å². The number of H-pyrrole nitrogens is 1. The number of nitrogens with two attached hydrogens (primary N) is 1. The van der Waals surface area contributed by atoms with Crippen LogP contribution in [0.15, 0.2) is 42.5 Å². The number of ether oxygens (including phenoxy) is 1. The molecule has 0 fully saturated rings. The predicted octanol–water partition coefficient (Wildman–Crippen LogP) is 6.79. The molecule has 176 valence electrons. The fraction of sp³-hybridized carbons (Fsp3) is 0.0476. The topological polar surface area (TPSA) is 93.0 Å². The first-order chi connectivity index (χ1) is 15.9. The van der Waals surface area contributed by atoms with E-state index in [4.69, 9.17) is 33.7 Å². The van der Waals surface area contributed by atoms with E-state index in [2.05, 4.69) is 15.5 Å². The Morgan fingerprint density at radius 3 is 2.47 bits per heavy atom.